The molecule has 4 rings (SSSR count). The van der Waals surface area contributed by atoms with Crippen molar-refractivity contribution in [3.8, 4) is 23.0 Å². The van der Waals surface area contributed by atoms with Crippen LogP contribution in [0.4, 0.5) is 0 Å². The van der Waals surface area contributed by atoms with Crippen LogP contribution >= 0.6 is 0 Å². The zero-order chi connectivity index (χ0) is 34.7. The minimum Gasteiger partial charge on any atom is -0.493 e. The molecule has 0 spiro atoms. The first-order valence-corrected chi connectivity index (χ1v) is 14.6. The second kappa shape index (κ2) is 19.4. The highest BCUT2D eigenvalue weighted by atomic mass is 16.5. The quantitative estimate of drug-likeness (QED) is 0.0873. The van der Waals surface area contributed by atoms with Crippen LogP contribution in [-0.2, 0) is 19.1 Å². The van der Waals surface area contributed by atoms with Crippen LogP contribution in [0.25, 0.3) is 12.2 Å². The van der Waals surface area contributed by atoms with Gasteiger partial charge >= 0.3 is 11.9 Å². The maximum atomic E-state index is 12.0. The van der Waals surface area contributed by atoms with Crippen LogP contribution in [0.15, 0.2) is 108 Å². The molecule has 4 aromatic rings. The molecule has 0 radical (unpaired) electrons. The molecule has 0 unspecified atom stereocenters. The molecule has 0 N–H and O–H groups in total. The summed E-state index contributed by atoms with van der Waals surface area (Å²) in [7, 11) is 5.58. The average Bonchev–Trinajstić information content (AvgIpc) is 3.14. The van der Waals surface area contributed by atoms with Crippen molar-refractivity contribution in [2.24, 2.45) is 0 Å². The average molecular weight is 653 g/mol. The van der Waals surface area contributed by atoms with Crippen LogP contribution in [0.3, 0.4) is 0 Å². The lowest BCUT2D eigenvalue weighted by Crippen LogP contribution is -2.13. The summed E-state index contributed by atoms with van der Waals surface area (Å²) in [5.74, 6) is 0.422. The van der Waals surface area contributed by atoms with Crippen LogP contribution in [0, 0.1) is 0 Å². The second-order valence-corrected chi connectivity index (χ2v) is 9.71. The molecule has 0 aliphatic carbocycles. The molecular formula is C38H36O10. The molecule has 10 heteroatoms. The molecule has 4 aromatic carbocycles. The second-order valence-electron chi connectivity index (χ2n) is 9.71. The van der Waals surface area contributed by atoms with E-state index in [0.717, 1.165) is 11.1 Å². The largest absolute Gasteiger partial charge is 0.493 e. The highest BCUT2D eigenvalue weighted by Crippen LogP contribution is 2.31. The topological polar surface area (TPSA) is 124 Å². The van der Waals surface area contributed by atoms with Gasteiger partial charge in [-0.15, -0.1) is 0 Å². The molecule has 48 heavy (non-hydrogen) atoms. The lowest BCUT2D eigenvalue weighted by Gasteiger charge is -2.13. The van der Waals surface area contributed by atoms with E-state index in [-0.39, 0.29) is 24.7 Å². The number of aldehydes is 2. The minimum atomic E-state index is -0.499. The predicted molar refractivity (Wildman–Crippen MR) is 181 cm³/mol. The Labute approximate surface area is 279 Å². The van der Waals surface area contributed by atoms with E-state index in [2.05, 4.69) is 0 Å². The maximum Gasteiger partial charge on any atom is 0.337 e. The maximum absolute atomic E-state index is 12.0. The summed E-state index contributed by atoms with van der Waals surface area (Å²) in [6.07, 6.45) is 4.72. The summed E-state index contributed by atoms with van der Waals surface area (Å²) in [4.78, 5) is 46.3. The standard InChI is InChI=1S/2C19H18O5/c2*1-22-17-10-6-9-15(12-20)18(17)24-13-16(19(21)23-2)11-14-7-4-3-5-8-14/h2*3-12H,13H2,1-2H3/b2*16-11+. The number of rotatable bonds is 14. The van der Waals surface area contributed by atoms with Gasteiger partial charge in [-0.1, -0.05) is 72.8 Å². The normalized spacial score (nSPS) is 10.8. The molecule has 0 aromatic heterocycles. The Hall–Kier alpha value is -6.16. The van der Waals surface area contributed by atoms with Gasteiger partial charge in [0.2, 0.25) is 0 Å². The van der Waals surface area contributed by atoms with Crippen molar-refractivity contribution < 1.29 is 47.6 Å². The first-order chi connectivity index (χ1) is 23.4. The number of carbonyl (C=O) groups is 4. The number of hydrogen-bond donors (Lipinski definition) is 0. The van der Waals surface area contributed by atoms with E-state index in [4.69, 9.17) is 28.4 Å². The zero-order valence-electron chi connectivity index (χ0n) is 27.0. The van der Waals surface area contributed by atoms with E-state index < -0.39 is 11.9 Å². The third kappa shape index (κ3) is 10.4. The van der Waals surface area contributed by atoms with E-state index in [9.17, 15) is 19.2 Å². The summed E-state index contributed by atoms with van der Waals surface area (Å²) in [6.45, 7) is -0.106. The molecule has 0 amide bonds. The fourth-order valence-corrected chi connectivity index (χ4v) is 4.26. The van der Waals surface area contributed by atoms with E-state index in [1.165, 1.54) is 28.4 Å². The molecule has 0 saturated carbocycles. The lowest BCUT2D eigenvalue weighted by atomic mass is 10.1. The van der Waals surface area contributed by atoms with Crippen LogP contribution in [-0.4, -0.2) is 66.2 Å². The van der Waals surface area contributed by atoms with E-state index in [1.807, 2.05) is 60.7 Å². The molecule has 0 fully saturated rings. The molecule has 0 aliphatic heterocycles. The first kappa shape index (κ1) is 36.3. The summed E-state index contributed by atoms with van der Waals surface area (Å²) in [6, 6.07) is 28.7. The van der Waals surface area contributed by atoms with Crippen molar-refractivity contribution in [2.45, 2.75) is 0 Å². The van der Waals surface area contributed by atoms with Gasteiger partial charge < -0.3 is 28.4 Å². The summed E-state index contributed by atoms with van der Waals surface area (Å²) in [5.41, 5.74) is 3.03. The summed E-state index contributed by atoms with van der Waals surface area (Å²) < 4.78 is 31.4. The molecule has 0 bridgehead atoms. The van der Waals surface area contributed by atoms with E-state index >= 15 is 0 Å². The van der Waals surface area contributed by atoms with Crippen LogP contribution < -0.4 is 18.9 Å². The third-order valence-electron chi connectivity index (χ3n) is 6.63. The molecule has 0 saturated heterocycles. The third-order valence-corrected chi connectivity index (χ3v) is 6.63. The molecule has 0 heterocycles. The van der Waals surface area contributed by atoms with Gasteiger partial charge in [-0.2, -0.15) is 0 Å². The van der Waals surface area contributed by atoms with Crippen molar-refractivity contribution in [1.29, 1.82) is 0 Å². The van der Waals surface area contributed by atoms with Gasteiger partial charge in [0.1, 0.15) is 13.2 Å². The van der Waals surface area contributed by atoms with Crippen molar-refractivity contribution in [3.05, 3.63) is 130 Å². The Kier molecular flexibility index (Phi) is 14.7. The van der Waals surface area contributed by atoms with Crippen LogP contribution in [0.5, 0.6) is 23.0 Å². The van der Waals surface area contributed by atoms with Gasteiger partial charge in [-0.25, -0.2) is 9.59 Å². The smallest absolute Gasteiger partial charge is 0.337 e. The van der Waals surface area contributed by atoms with Gasteiger partial charge in [0.05, 0.1) is 50.7 Å². The Bertz CT molecular complexity index is 1600. The lowest BCUT2D eigenvalue weighted by molar-refractivity contribution is -0.137. The fourth-order valence-electron chi connectivity index (χ4n) is 4.26. The van der Waals surface area contributed by atoms with Gasteiger partial charge in [0.15, 0.2) is 35.6 Å². The number of esters is 2. The zero-order valence-corrected chi connectivity index (χ0v) is 27.0. The van der Waals surface area contributed by atoms with Gasteiger partial charge in [0.25, 0.3) is 0 Å². The number of para-hydroxylation sites is 2. The number of carbonyl (C=O) groups excluding carboxylic acids is 4. The molecule has 0 atom stereocenters. The Morgan fingerprint density at radius 1 is 0.521 bits per heavy atom. The molecule has 248 valence electrons. The number of benzene rings is 4. The van der Waals surface area contributed by atoms with Crippen molar-refractivity contribution >= 4 is 36.7 Å². The minimum absolute atomic E-state index is 0.0528. The Morgan fingerprint density at radius 3 is 1.21 bits per heavy atom. The monoisotopic (exact) mass is 652 g/mol. The van der Waals surface area contributed by atoms with E-state index in [1.54, 1.807) is 48.6 Å². The Morgan fingerprint density at radius 2 is 0.896 bits per heavy atom. The van der Waals surface area contributed by atoms with Gasteiger partial charge in [-0.3, -0.25) is 9.59 Å². The summed E-state index contributed by atoms with van der Waals surface area (Å²) >= 11 is 0. The van der Waals surface area contributed by atoms with Crippen molar-refractivity contribution in [1.82, 2.24) is 0 Å². The van der Waals surface area contributed by atoms with Crippen LogP contribution in [0.2, 0.25) is 0 Å². The highest BCUT2D eigenvalue weighted by Gasteiger charge is 2.17. The van der Waals surface area contributed by atoms with Crippen LogP contribution in [0.1, 0.15) is 31.8 Å². The van der Waals surface area contributed by atoms with Gasteiger partial charge in [0, 0.05) is 0 Å². The number of hydrogen-bond acceptors (Lipinski definition) is 10. The Balaban J connectivity index is 0.000000260. The predicted octanol–water partition coefficient (Wildman–Crippen LogP) is 6.29. The fraction of sp³-hybridized carbons (Fsp3) is 0.158. The number of ether oxygens (including phenoxy) is 6. The number of methoxy groups -OCH3 is 4. The highest BCUT2D eigenvalue weighted by molar-refractivity contribution is 5.94. The van der Waals surface area contributed by atoms with Gasteiger partial charge in [-0.05, 0) is 47.5 Å². The molecule has 0 aliphatic rings. The summed E-state index contributed by atoms with van der Waals surface area (Å²) in [5, 5.41) is 0. The van der Waals surface area contributed by atoms with Crippen molar-refractivity contribution in [3.63, 3.8) is 0 Å². The molecular weight excluding hydrogens is 616 g/mol. The first-order valence-electron chi connectivity index (χ1n) is 14.6. The molecule has 10 nitrogen and oxygen atoms in total. The van der Waals surface area contributed by atoms with E-state index in [0.29, 0.717) is 46.3 Å². The SMILES string of the molecule is COC(=O)/C(=C/c1ccccc1)COc1c(C=O)cccc1OC.COC(=O)/C(=C/c1ccccc1)COc1c(C=O)cccc1OC. The van der Waals surface area contributed by atoms with Crippen molar-refractivity contribution in [2.75, 3.05) is 41.7 Å².